The molecule has 0 bridgehead atoms. The van der Waals surface area contributed by atoms with Crippen molar-refractivity contribution in [3.63, 3.8) is 0 Å². The Morgan fingerprint density at radius 1 is 1.00 bits per heavy atom. The summed E-state index contributed by atoms with van der Waals surface area (Å²) in [6.07, 6.45) is -0.167. The van der Waals surface area contributed by atoms with E-state index in [1.807, 2.05) is 0 Å². The maximum atomic E-state index is 8.06. The van der Waals surface area contributed by atoms with Crippen molar-refractivity contribution < 1.29 is 51.0 Å². The molecule has 0 aromatic rings. The molecule has 0 aliphatic carbocycles. The maximum absolute atomic E-state index is 8.06. The maximum Gasteiger partial charge on any atom is 2.00 e. The average Bonchev–Trinajstić information content (AvgIpc) is 1.65. The van der Waals surface area contributed by atoms with E-state index in [0.29, 0.717) is 0 Å². The minimum absolute atomic E-state index is 0. The molecular formula is C7H14Cl2N2OPt. The molecule has 6 heteroatoms. The number of aliphatic hydroxyl groups excluding tert-OH is 1. The number of nitrogens with zero attached hydrogens (tertiary/aromatic N) is 2. The van der Waals surface area contributed by atoms with Crippen LogP contribution >= 0.6 is 0 Å². The molecule has 0 aromatic carbocycles. The first-order chi connectivity index (χ1) is 4.56. The van der Waals surface area contributed by atoms with E-state index in [-0.39, 0.29) is 52.0 Å². The Bertz CT molecular complexity index is 106. The second kappa shape index (κ2) is 56.5. The van der Waals surface area contributed by atoms with E-state index < -0.39 is 0 Å². The van der Waals surface area contributed by atoms with Gasteiger partial charge in [0.05, 0.1) is 12.1 Å². The fourth-order valence-corrected chi connectivity index (χ4v) is 0. The van der Waals surface area contributed by atoms with Crippen molar-refractivity contribution in [2.24, 2.45) is 0 Å². The van der Waals surface area contributed by atoms with Gasteiger partial charge in [0.2, 0.25) is 0 Å². The fraction of sp³-hybridized carbons (Fsp3) is 0.714. The molecule has 0 unspecified atom stereocenters. The van der Waals surface area contributed by atoms with E-state index in [9.17, 15) is 0 Å². The second-order valence-corrected chi connectivity index (χ2v) is 1.54. The molecule has 0 aliphatic heterocycles. The van der Waals surface area contributed by atoms with Gasteiger partial charge in [0.1, 0.15) is 0 Å². The SMILES string of the molecule is CC#N.CC#N.CC(C)O.[Cl-].[Cl-].[Pt+2]. The normalized spacial score (nSPS) is 4.00. The Labute approximate surface area is 107 Å². The molecule has 0 amide bonds. The van der Waals surface area contributed by atoms with E-state index in [2.05, 4.69) is 0 Å². The monoisotopic (exact) mass is 407 g/mol. The van der Waals surface area contributed by atoms with Crippen LogP contribution in [0.3, 0.4) is 0 Å². The first-order valence-corrected chi connectivity index (χ1v) is 2.86. The minimum atomic E-state index is -0.167. The van der Waals surface area contributed by atoms with E-state index in [4.69, 9.17) is 15.6 Å². The van der Waals surface area contributed by atoms with Gasteiger partial charge < -0.3 is 29.9 Å². The zero-order chi connectivity index (χ0) is 8.99. The molecule has 0 saturated heterocycles. The summed E-state index contributed by atoms with van der Waals surface area (Å²) in [5.74, 6) is 0. The van der Waals surface area contributed by atoms with Gasteiger partial charge in [0.25, 0.3) is 0 Å². The zero-order valence-corrected chi connectivity index (χ0v) is 11.8. The molecular weight excluding hydrogens is 394 g/mol. The molecule has 3 nitrogen and oxygen atoms in total. The number of hydrogen-bond acceptors (Lipinski definition) is 3. The molecule has 1 N–H and O–H groups in total. The summed E-state index contributed by atoms with van der Waals surface area (Å²) in [6.45, 7) is 6.31. The largest absolute Gasteiger partial charge is 2.00 e. The Hall–Kier alpha value is 0.208. The molecule has 82 valence electrons. The van der Waals surface area contributed by atoms with Crippen molar-refractivity contribution >= 4 is 0 Å². The number of nitriles is 2. The summed E-state index contributed by atoms with van der Waals surface area (Å²) in [5, 5.41) is 22.7. The van der Waals surface area contributed by atoms with E-state index in [1.165, 1.54) is 13.8 Å². The Morgan fingerprint density at radius 2 is 1.00 bits per heavy atom. The number of hydrogen-bond donors (Lipinski definition) is 1. The predicted molar refractivity (Wildman–Crippen MR) is 39.9 cm³/mol. The summed E-state index contributed by atoms with van der Waals surface area (Å²) in [5.41, 5.74) is 0. The Morgan fingerprint density at radius 3 is 1.00 bits per heavy atom. The third-order valence-corrected chi connectivity index (χ3v) is 0. The van der Waals surface area contributed by atoms with Gasteiger partial charge in [0, 0.05) is 20.0 Å². The van der Waals surface area contributed by atoms with Gasteiger partial charge in [-0.25, -0.2) is 0 Å². The zero-order valence-electron chi connectivity index (χ0n) is 7.99. The quantitative estimate of drug-likeness (QED) is 0.439. The van der Waals surface area contributed by atoms with Crippen molar-refractivity contribution in [1.82, 2.24) is 0 Å². The summed E-state index contributed by atoms with van der Waals surface area (Å²) in [6, 6.07) is 3.50. The van der Waals surface area contributed by atoms with Crippen LogP contribution in [0.25, 0.3) is 0 Å². The molecule has 0 radical (unpaired) electrons. The summed E-state index contributed by atoms with van der Waals surface area (Å²) < 4.78 is 0. The van der Waals surface area contributed by atoms with Crippen LogP contribution in [0, 0.1) is 22.7 Å². The van der Waals surface area contributed by atoms with Crippen molar-refractivity contribution in [2.45, 2.75) is 33.8 Å². The third-order valence-electron chi connectivity index (χ3n) is 0. The van der Waals surface area contributed by atoms with Gasteiger partial charge in [-0.15, -0.1) is 0 Å². The van der Waals surface area contributed by atoms with Crippen LogP contribution in [0.4, 0.5) is 0 Å². The van der Waals surface area contributed by atoms with Gasteiger partial charge in [-0.3, -0.25) is 0 Å². The molecule has 0 fully saturated rings. The number of aliphatic hydroxyl groups is 1. The minimum Gasteiger partial charge on any atom is -1.00 e. The van der Waals surface area contributed by atoms with Gasteiger partial charge >= 0.3 is 21.1 Å². The molecule has 0 heterocycles. The standard InChI is InChI=1S/C3H8O.2C2H3N.2ClH.Pt/c1-3(2)4;2*1-2-3;;;/h3-4H,1-2H3;2*1H3;2*1H;/q;;;;;+2/p-2. The third kappa shape index (κ3) is 29300. The molecule has 0 aromatic heterocycles. The van der Waals surface area contributed by atoms with Gasteiger partial charge in [0.15, 0.2) is 0 Å². The van der Waals surface area contributed by atoms with Gasteiger partial charge in [-0.1, -0.05) is 0 Å². The van der Waals surface area contributed by atoms with Crippen molar-refractivity contribution in [3.8, 4) is 12.1 Å². The summed E-state index contributed by atoms with van der Waals surface area (Å²) in [4.78, 5) is 0. The topological polar surface area (TPSA) is 67.8 Å². The first-order valence-electron chi connectivity index (χ1n) is 2.86. The smallest absolute Gasteiger partial charge is 1.00 e. The van der Waals surface area contributed by atoms with E-state index in [1.54, 1.807) is 26.0 Å². The second-order valence-electron chi connectivity index (χ2n) is 1.54. The molecule has 0 aliphatic rings. The molecule has 13 heavy (non-hydrogen) atoms. The van der Waals surface area contributed by atoms with Crippen LogP contribution in [0.5, 0.6) is 0 Å². The average molecular weight is 408 g/mol. The van der Waals surface area contributed by atoms with Crippen LogP contribution in [0.1, 0.15) is 27.7 Å². The van der Waals surface area contributed by atoms with Crippen molar-refractivity contribution in [2.75, 3.05) is 0 Å². The van der Waals surface area contributed by atoms with Crippen LogP contribution in [0.2, 0.25) is 0 Å². The molecule has 0 spiro atoms. The van der Waals surface area contributed by atoms with Crippen molar-refractivity contribution in [3.05, 3.63) is 0 Å². The van der Waals surface area contributed by atoms with E-state index >= 15 is 0 Å². The number of halogens is 2. The Kier molecular flexibility index (Phi) is 165. The Balaban J connectivity index is -0.0000000128. The first kappa shape index (κ1) is 37.9. The van der Waals surface area contributed by atoms with E-state index in [0.717, 1.165) is 0 Å². The van der Waals surface area contributed by atoms with Crippen molar-refractivity contribution in [1.29, 1.82) is 10.5 Å². The molecule has 0 rings (SSSR count). The van der Waals surface area contributed by atoms with Crippen LogP contribution in [-0.2, 0) is 21.1 Å². The number of rotatable bonds is 0. The van der Waals surface area contributed by atoms with Crippen LogP contribution < -0.4 is 24.8 Å². The molecule has 0 saturated carbocycles. The summed E-state index contributed by atoms with van der Waals surface area (Å²) in [7, 11) is 0. The van der Waals surface area contributed by atoms with Crippen LogP contribution in [-0.4, -0.2) is 11.2 Å². The summed E-state index contributed by atoms with van der Waals surface area (Å²) >= 11 is 0. The van der Waals surface area contributed by atoms with Gasteiger partial charge in [-0.2, -0.15) is 10.5 Å². The van der Waals surface area contributed by atoms with Gasteiger partial charge in [-0.05, 0) is 13.8 Å². The van der Waals surface area contributed by atoms with Crippen LogP contribution in [0.15, 0.2) is 0 Å². The predicted octanol–water partition coefficient (Wildman–Crippen LogP) is -4.55. The molecule has 0 atom stereocenters. The fourth-order valence-electron chi connectivity index (χ4n) is 0.